The van der Waals surface area contributed by atoms with Crippen LogP contribution in [0.1, 0.15) is 44.9 Å². The second kappa shape index (κ2) is 4.02. The predicted molar refractivity (Wildman–Crippen MR) is 62.7 cm³/mol. The molecule has 0 radical (unpaired) electrons. The van der Waals surface area contributed by atoms with Crippen LogP contribution >= 0.6 is 0 Å². The van der Waals surface area contributed by atoms with Crippen LogP contribution in [0.15, 0.2) is 0 Å². The number of fused-ring (bicyclic) bond motifs is 1. The van der Waals surface area contributed by atoms with Gasteiger partial charge in [0.2, 0.25) is 5.91 Å². The molecule has 0 aromatic carbocycles. The highest BCUT2D eigenvalue weighted by Crippen LogP contribution is 2.57. The predicted octanol–water partition coefficient (Wildman–Crippen LogP) is 1.42. The number of nitrogens with one attached hydrogen (secondary N) is 1. The Labute approximate surface area is 97.2 Å². The first kappa shape index (κ1) is 10.6. The maximum Gasteiger partial charge on any atom is 0.223 e. The molecule has 3 fully saturated rings. The quantitative estimate of drug-likeness (QED) is 0.742. The molecule has 3 nitrogen and oxygen atoms in total. The Morgan fingerprint density at radius 1 is 1.00 bits per heavy atom. The lowest BCUT2D eigenvalue weighted by atomic mass is 9.91. The fourth-order valence-electron chi connectivity index (χ4n) is 3.77. The third-order valence-electron chi connectivity index (χ3n) is 4.83. The van der Waals surface area contributed by atoms with Gasteiger partial charge in [-0.2, -0.15) is 0 Å². The van der Waals surface area contributed by atoms with E-state index in [2.05, 4.69) is 5.32 Å². The summed E-state index contributed by atoms with van der Waals surface area (Å²) < 4.78 is 0. The lowest BCUT2D eigenvalue weighted by molar-refractivity contribution is -0.124. The third kappa shape index (κ3) is 1.86. The summed E-state index contributed by atoms with van der Waals surface area (Å²) in [5.41, 5.74) is 5.86. The zero-order valence-electron chi connectivity index (χ0n) is 9.82. The average molecular weight is 222 g/mol. The molecule has 0 aromatic rings. The van der Waals surface area contributed by atoms with Crippen LogP contribution < -0.4 is 11.1 Å². The van der Waals surface area contributed by atoms with Gasteiger partial charge in [0.25, 0.3) is 0 Å². The Balaban J connectivity index is 1.47. The summed E-state index contributed by atoms with van der Waals surface area (Å²) in [7, 11) is 0. The summed E-state index contributed by atoms with van der Waals surface area (Å²) in [4.78, 5) is 12.0. The maximum atomic E-state index is 12.0. The van der Waals surface area contributed by atoms with Gasteiger partial charge in [0.05, 0.1) is 0 Å². The second-order valence-corrected chi connectivity index (χ2v) is 5.90. The highest BCUT2D eigenvalue weighted by molar-refractivity contribution is 5.82. The first-order chi connectivity index (χ1) is 7.75. The average Bonchev–Trinajstić information content (AvgIpc) is 2.76. The number of hydrogen-bond acceptors (Lipinski definition) is 2. The highest BCUT2D eigenvalue weighted by atomic mass is 16.2. The molecule has 3 aliphatic carbocycles. The maximum absolute atomic E-state index is 12.0. The van der Waals surface area contributed by atoms with Crippen molar-refractivity contribution in [1.82, 2.24) is 5.32 Å². The van der Waals surface area contributed by atoms with Gasteiger partial charge in [0.1, 0.15) is 0 Å². The molecule has 16 heavy (non-hydrogen) atoms. The largest absolute Gasteiger partial charge is 0.353 e. The van der Waals surface area contributed by atoms with Gasteiger partial charge in [-0.15, -0.1) is 0 Å². The molecule has 0 bridgehead atoms. The number of hydrogen-bond donors (Lipinski definition) is 2. The molecule has 3 saturated carbocycles. The summed E-state index contributed by atoms with van der Waals surface area (Å²) in [6.45, 7) is 0. The number of nitrogens with two attached hydrogens (primary N) is 1. The molecule has 3 heteroatoms. The van der Waals surface area contributed by atoms with Crippen molar-refractivity contribution in [2.24, 2.45) is 23.5 Å². The van der Waals surface area contributed by atoms with Crippen molar-refractivity contribution in [2.45, 2.75) is 57.0 Å². The molecular weight excluding hydrogens is 200 g/mol. The fourth-order valence-corrected chi connectivity index (χ4v) is 3.77. The summed E-state index contributed by atoms with van der Waals surface area (Å²) in [6.07, 6.45) is 8.23. The highest BCUT2D eigenvalue weighted by Gasteiger charge is 2.56. The van der Waals surface area contributed by atoms with Crippen LogP contribution in [-0.4, -0.2) is 18.0 Å². The van der Waals surface area contributed by atoms with Gasteiger partial charge in [0, 0.05) is 18.0 Å². The zero-order valence-corrected chi connectivity index (χ0v) is 9.82. The van der Waals surface area contributed by atoms with Gasteiger partial charge in [0.15, 0.2) is 0 Å². The number of amides is 1. The van der Waals surface area contributed by atoms with Gasteiger partial charge in [-0.3, -0.25) is 4.79 Å². The molecule has 2 unspecified atom stereocenters. The molecule has 3 aliphatic rings. The van der Waals surface area contributed by atoms with Gasteiger partial charge < -0.3 is 11.1 Å². The molecule has 90 valence electrons. The molecule has 0 heterocycles. The second-order valence-electron chi connectivity index (χ2n) is 5.90. The van der Waals surface area contributed by atoms with Gasteiger partial charge in [-0.1, -0.05) is 6.42 Å². The minimum Gasteiger partial charge on any atom is -0.353 e. The lowest BCUT2D eigenvalue weighted by Gasteiger charge is -2.27. The van der Waals surface area contributed by atoms with E-state index >= 15 is 0 Å². The molecule has 3 rings (SSSR count). The van der Waals surface area contributed by atoms with E-state index in [1.165, 1.54) is 19.3 Å². The van der Waals surface area contributed by atoms with Crippen LogP contribution in [0.25, 0.3) is 0 Å². The van der Waals surface area contributed by atoms with Crippen molar-refractivity contribution in [3.8, 4) is 0 Å². The Bertz CT molecular complexity index is 274. The summed E-state index contributed by atoms with van der Waals surface area (Å²) in [6, 6.07) is 0.780. The molecule has 0 spiro atoms. The van der Waals surface area contributed by atoms with E-state index in [-0.39, 0.29) is 0 Å². The van der Waals surface area contributed by atoms with E-state index in [4.69, 9.17) is 5.73 Å². The van der Waals surface area contributed by atoms with Crippen molar-refractivity contribution >= 4 is 5.91 Å². The van der Waals surface area contributed by atoms with Crippen LogP contribution in [-0.2, 0) is 4.79 Å². The monoisotopic (exact) mass is 222 g/mol. The Kier molecular flexibility index (Phi) is 2.66. The van der Waals surface area contributed by atoms with Gasteiger partial charge in [-0.25, -0.2) is 0 Å². The Morgan fingerprint density at radius 2 is 1.62 bits per heavy atom. The molecule has 3 N–H and O–H groups in total. The summed E-state index contributed by atoms with van der Waals surface area (Å²) in [5, 5.41) is 3.24. The normalized spacial score (nSPS) is 46.2. The topological polar surface area (TPSA) is 55.1 Å². The zero-order chi connectivity index (χ0) is 11.1. The Morgan fingerprint density at radius 3 is 2.25 bits per heavy atom. The van der Waals surface area contributed by atoms with Crippen LogP contribution in [0.2, 0.25) is 0 Å². The first-order valence-corrected chi connectivity index (χ1v) is 6.81. The molecule has 1 amide bonds. The van der Waals surface area contributed by atoms with Crippen molar-refractivity contribution < 1.29 is 4.79 Å². The molecule has 0 aliphatic heterocycles. The van der Waals surface area contributed by atoms with Crippen molar-refractivity contribution in [1.29, 1.82) is 0 Å². The number of carbonyl (C=O) groups excluding carboxylic acids is 1. The summed E-state index contributed by atoms with van der Waals surface area (Å²) in [5.74, 6) is 2.20. The molecule has 0 aromatic heterocycles. The minimum absolute atomic E-state index is 0.343. The standard InChI is InChI=1S/C13H22N2O/c14-8-4-6-9(7-5-8)15-13(16)12-10-2-1-3-11(10)12/h8-12H,1-7,14H2,(H,15,16). The van der Waals surface area contributed by atoms with Gasteiger partial charge >= 0.3 is 0 Å². The SMILES string of the molecule is NC1CCC(NC(=O)C2C3CCCC32)CC1. The van der Waals surface area contributed by atoms with Crippen molar-refractivity contribution in [2.75, 3.05) is 0 Å². The van der Waals surface area contributed by atoms with E-state index in [1.54, 1.807) is 0 Å². The van der Waals surface area contributed by atoms with Crippen LogP contribution in [0.4, 0.5) is 0 Å². The summed E-state index contributed by atoms with van der Waals surface area (Å²) >= 11 is 0. The molecule has 2 atom stereocenters. The van der Waals surface area contributed by atoms with E-state index < -0.39 is 0 Å². The number of carbonyl (C=O) groups is 1. The molecule has 0 saturated heterocycles. The first-order valence-electron chi connectivity index (χ1n) is 6.81. The van der Waals surface area contributed by atoms with Crippen LogP contribution in [0.3, 0.4) is 0 Å². The van der Waals surface area contributed by atoms with E-state index in [1.807, 2.05) is 0 Å². The molecular formula is C13H22N2O. The van der Waals surface area contributed by atoms with E-state index in [0.29, 0.717) is 23.9 Å². The fraction of sp³-hybridized carbons (Fsp3) is 0.923. The van der Waals surface area contributed by atoms with Crippen LogP contribution in [0.5, 0.6) is 0 Å². The number of rotatable bonds is 2. The minimum atomic E-state index is 0.343. The lowest BCUT2D eigenvalue weighted by Crippen LogP contribution is -2.41. The van der Waals surface area contributed by atoms with E-state index in [9.17, 15) is 4.79 Å². The van der Waals surface area contributed by atoms with Crippen LogP contribution in [0, 0.1) is 17.8 Å². The van der Waals surface area contributed by atoms with Crippen molar-refractivity contribution in [3.05, 3.63) is 0 Å². The smallest absolute Gasteiger partial charge is 0.223 e. The Hall–Kier alpha value is -0.570. The van der Waals surface area contributed by atoms with Gasteiger partial charge in [-0.05, 0) is 50.4 Å². The van der Waals surface area contributed by atoms with Crippen molar-refractivity contribution in [3.63, 3.8) is 0 Å². The van der Waals surface area contributed by atoms with E-state index in [0.717, 1.165) is 37.5 Å². The third-order valence-corrected chi connectivity index (χ3v) is 4.83.